The van der Waals surface area contributed by atoms with Crippen LogP contribution in [0.3, 0.4) is 0 Å². The topological polar surface area (TPSA) is 0 Å². The van der Waals surface area contributed by atoms with Crippen molar-refractivity contribution in [3.05, 3.63) is 108 Å². The Balaban J connectivity index is 2.08. The van der Waals surface area contributed by atoms with Crippen molar-refractivity contribution in [2.45, 2.75) is 0 Å². The highest BCUT2D eigenvalue weighted by molar-refractivity contribution is 5.94. The average Bonchev–Trinajstić information content (AvgIpc) is 2.75. The van der Waals surface area contributed by atoms with Gasteiger partial charge < -0.3 is 0 Å². The van der Waals surface area contributed by atoms with Crippen LogP contribution in [0.15, 0.2) is 72.8 Å². The van der Waals surface area contributed by atoms with Crippen molar-refractivity contribution in [1.82, 2.24) is 0 Å². The summed E-state index contributed by atoms with van der Waals surface area (Å²) >= 11 is 0. The second-order valence-electron chi connectivity index (χ2n) is 6.60. The van der Waals surface area contributed by atoms with Gasteiger partial charge in [0, 0.05) is 0 Å². The van der Waals surface area contributed by atoms with Crippen LogP contribution in [0, 0.1) is 34.9 Å². The predicted molar refractivity (Wildman–Crippen MR) is 102 cm³/mol. The van der Waals surface area contributed by atoms with Crippen molar-refractivity contribution in [2.75, 3.05) is 0 Å². The van der Waals surface area contributed by atoms with Crippen molar-refractivity contribution in [2.24, 2.45) is 0 Å². The molecule has 0 aliphatic rings. The molecule has 0 saturated carbocycles. The van der Waals surface area contributed by atoms with Gasteiger partial charge in [-0.15, -0.1) is 0 Å². The molecule has 0 unspecified atom stereocenters. The third-order valence-corrected chi connectivity index (χ3v) is 4.72. The Morgan fingerprint density at radius 1 is 0.400 bits per heavy atom. The number of hydrogen-bond donors (Lipinski definition) is 0. The Morgan fingerprint density at radius 3 is 1.33 bits per heavy atom. The minimum Gasteiger partial charge on any atom is -0.204 e. The molecule has 0 saturated heterocycles. The summed E-state index contributed by atoms with van der Waals surface area (Å²) in [6.07, 6.45) is 0. The summed E-state index contributed by atoms with van der Waals surface area (Å²) in [5, 5.41) is 0. The van der Waals surface area contributed by atoms with Gasteiger partial charge in [-0.1, -0.05) is 48.5 Å². The van der Waals surface area contributed by atoms with Crippen LogP contribution in [0.1, 0.15) is 0 Å². The Kier molecular flexibility index (Phi) is 5.08. The van der Waals surface area contributed by atoms with E-state index in [0.717, 1.165) is 24.3 Å². The van der Waals surface area contributed by atoms with Crippen LogP contribution in [0.2, 0.25) is 0 Å². The zero-order chi connectivity index (χ0) is 21.4. The fraction of sp³-hybridized carbons (Fsp3) is 0. The molecule has 0 aromatic heterocycles. The Hall–Kier alpha value is -3.54. The summed E-state index contributed by atoms with van der Waals surface area (Å²) in [6, 6.07) is 16.7. The lowest BCUT2D eigenvalue weighted by molar-refractivity contribution is 0.447. The summed E-state index contributed by atoms with van der Waals surface area (Å²) < 4.78 is 82.7. The summed E-state index contributed by atoms with van der Waals surface area (Å²) in [4.78, 5) is 0. The molecule has 0 N–H and O–H groups in total. The summed E-state index contributed by atoms with van der Waals surface area (Å²) in [5.74, 6) is -8.88. The lowest BCUT2D eigenvalue weighted by Gasteiger charge is -2.17. The maximum Gasteiger partial charge on any atom is 0.194 e. The third-order valence-electron chi connectivity index (χ3n) is 4.72. The van der Waals surface area contributed by atoms with E-state index in [1.807, 2.05) is 0 Å². The molecule has 0 spiro atoms. The van der Waals surface area contributed by atoms with Crippen LogP contribution >= 0.6 is 0 Å². The van der Waals surface area contributed by atoms with Gasteiger partial charge >= 0.3 is 0 Å². The van der Waals surface area contributed by atoms with E-state index in [-0.39, 0.29) is 22.3 Å². The monoisotopic (exact) mass is 414 g/mol. The van der Waals surface area contributed by atoms with Gasteiger partial charge in [0.15, 0.2) is 34.9 Å². The molecule has 6 heteroatoms. The number of halogens is 6. The van der Waals surface area contributed by atoms with Crippen LogP contribution in [-0.4, -0.2) is 0 Å². The molecular weight excluding hydrogens is 402 g/mol. The smallest absolute Gasteiger partial charge is 0.194 e. The molecule has 0 aliphatic carbocycles. The molecular formula is C24H12F6. The fourth-order valence-corrected chi connectivity index (χ4v) is 3.37. The zero-order valence-electron chi connectivity index (χ0n) is 15.2. The van der Waals surface area contributed by atoms with E-state index < -0.39 is 34.9 Å². The molecule has 0 radical (unpaired) electrons. The first-order valence-corrected chi connectivity index (χ1v) is 8.85. The first-order valence-electron chi connectivity index (χ1n) is 8.85. The quantitative estimate of drug-likeness (QED) is 0.240. The summed E-state index contributed by atoms with van der Waals surface area (Å²) in [5.41, 5.74) is 1.48. The lowest BCUT2D eigenvalue weighted by atomic mass is 9.87. The minimum absolute atomic E-state index is 0.0361. The molecule has 4 aromatic rings. The molecule has 4 rings (SSSR count). The SMILES string of the molecule is Fc1cc(-c2cccc(-c3ccccc3)c2-c2cc(F)c(F)c(F)c2)cc(F)c1F. The van der Waals surface area contributed by atoms with Gasteiger partial charge in [0.2, 0.25) is 0 Å². The highest BCUT2D eigenvalue weighted by Crippen LogP contribution is 2.41. The van der Waals surface area contributed by atoms with Crippen molar-refractivity contribution >= 4 is 0 Å². The number of benzene rings is 4. The molecule has 0 heterocycles. The van der Waals surface area contributed by atoms with Crippen molar-refractivity contribution in [1.29, 1.82) is 0 Å². The van der Waals surface area contributed by atoms with Gasteiger partial charge in [0.1, 0.15) is 0 Å². The van der Waals surface area contributed by atoms with Gasteiger partial charge in [0.05, 0.1) is 0 Å². The van der Waals surface area contributed by atoms with Gasteiger partial charge in [0.25, 0.3) is 0 Å². The van der Waals surface area contributed by atoms with Crippen molar-refractivity contribution < 1.29 is 26.3 Å². The van der Waals surface area contributed by atoms with E-state index in [2.05, 4.69) is 0 Å². The van der Waals surface area contributed by atoms with Crippen LogP contribution in [0.5, 0.6) is 0 Å². The Labute approximate surface area is 168 Å². The third kappa shape index (κ3) is 3.45. The first kappa shape index (κ1) is 19.8. The molecule has 0 bridgehead atoms. The van der Waals surface area contributed by atoms with Gasteiger partial charge in [-0.2, -0.15) is 0 Å². The normalized spacial score (nSPS) is 11.0. The standard InChI is InChI=1S/C24H12F6/c25-18-9-14(10-19(26)23(18)29)17-8-4-7-16(13-5-2-1-3-6-13)22(17)15-11-20(27)24(30)21(28)12-15/h1-12H. The molecule has 0 nitrogen and oxygen atoms in total. The fourth-order valence-electron chi connectivity index (χ4n) is 3.37. The maximum absolute atomic E-state index is 14.0. The summed E-state index contributed by atoms with van der Waals surface area (Å²) in [6.45, 7) is 0. The first-order chi connectivity index (χ1) is 14.4. The van der Waals surface area contributed by atoms with Gasteiger partial charge in [-0.05, 0) is 57.6 Å². The number of hydrogen-bond acceptors (Lipinski definition) is 0. The molecule has 4 aromatic carbocycles. The van der Waals surface area contributed by atoms with E-state index in [0.29, 0.717) is 11.1 Å². The molecule has 0 atom stereocenters. The van der Waals surface area contributed by atoms with Gasteiger partial charge in [-0.25, -0.2) is 26.3 Å². The van der Waals surface area contributed by atoms with E-state index in [9.17, 15) is 26.3 Å². The summed E-state index contributed by atoms with van der Waals surface area (Å²) in [7, 11) is 0. The van der Waals surface area contributed by atoms with Crippen LogP contribution < -0.4 is 0 Å². The second-order valence-corrected chi connectivity index (χ2v) is 6.60. The van der Waals surface area contributed by atoms with Gasteiger partial charge in [-0.3, -0.25) is 0 Å². The largest absolute Gasteiger partial charge is 0.204 e. The van der Waals surface area contributed by atoms with Crippen LogP contribution in [-0.2, 0) is 0 Å². The van der Waals surface area contributed by atoms with E-state index >= 15 is 0 Å². The molecule has 30 heavy (non-hydrogen) atoms. The number of rotatable bonds is 3. The maximum atomic E-state index is 14.0. The van der Waals surface area contributed by atoms with Crippen LogP contribution in [0.25, 0.3) is 33.4 Å². The van der Waals surface area contributed by atoms with E-state index in [1.54, 1.807) is 42.5 Å². The Morgan fingerprint density at radius 2 is 0.833 bits per heavy atom. The highest BCUT2D eigenvalue weighted by Gasteiger charge is 2.20. The zero-order valence-corrected chi connectivity index (χ0v) is 15.2. The van der Waals surface area contributed by atoms with Crippen molar-refractivity contribution in [3.63, 3.8) is 0 Å². The molecule has 0 fully saturated rings. The second kappa shape index (κ2) is 7.71. The molecule has 150 valence electrons. The van der Waals surface area contributed by atoms with Crippen molar-refractivity contribution in [3.8, 4) is 33.4 Å². The molecule has 0 amide bonds. The molecule has 0 aliphatic heterocycles. The highest BCUT2D eigenvalue weighted by atomic mass is 19.2. The lowest BCUT2D eigenvalue weighted by Crippen LogP contribution is -1.97. The predicted octanol–water partition coefficient (Wildman–Crippen LogP) is 7.52. The van der Waals surface area contributed by atoms with Crippen LogP contribution in [0.4, 0.5) is 26.3 Å². The average molecular weight is 414 g/mol. The minimum atomic E-state index is -1.63. The van der Waals surface area contributed by atoms with E-state index in [1.165, 1.54) is 6.07 Å². The van der Waals surface area contributed by atoms with E-state index in [4.69, 9.17) is 0 Å². The Bertz CT molecular complexity index is 1200.